The summed E-state index contributed by atoms with van der Waals surface area (Å²) in [4.78, 5) is 12.9. The van der Waals surface area contributed by atoms with Crippen LogP contribution in [0.3, 0.4) is 0 Å². The van der Waals surface area contributed by atoms with E-state index >= 15 is 0 Å². The first-order valence-electron chi connectivity index (χ1n) is 8.68. The minimum atomic E-state index is -3.74. The van der Waals surface area contributed by atoms with Crippen molar-refractivity contribution < 1.29 is 22.7 Å². The van der Waals surface area contributed by atoms with Crippen LogP contribution in [0.4, 0.5) is 11.4 Å². The molecule has 8 heteroatoms. The predicted molar refractivity (Wildman–Crippen MR) is 111 cm³/mol. The monoisotopic (exact) mass is 406 g/mol. The lowest BCUT2D eigenvalue weighted by Gasteiger charge is -2.29. The summed E-state index contributed by atoms with van der Waals surface area (Å²) in [7, 11) is -0.789. The van der Waals surface area contributed by atoms with Crippen LogP contribution in [-0.4, -0.2) is 40.8 Å². The van der Waals surface area contributed by atoms with Crippen molar-refractivity contribution in [2.45, 2.75) is 26.8 Å². The number of ether oxygens (including phenoxy) is 2. The first kappa shape index (κ1) is 21.6. The summed E-state index contributed by atoms with van der Waals surface area (Å²) in [5, 5.41) is 2.85. The molecule has 0 radical (unpaired) electrons. The van der Waals surface area contributed by atoms with Gasteiger partial charge in [0.05, 0.1) is 26.2 Å². The van der Waals surface area contributed by atoms with Gasteiger partial charge < -0.3 is 14.8 Å². The number of carbonyl (C=O) groups is 1. The number of carbonyl (C=O) groups excluding carboxylic acids is 1. The highest BCUT2D eigenvalue weighted by Gasteiger charge is 2.30. The second kappa shape index (κ2) is 8.52. The number of nitrogens with zero attached hydrogens (tertiary/aromatic N) is 1. The molecule has 2 aromatic carbocycles. The van der Waals surface area contributed by atoms with E-state index < -0.39 is 22.0 Å². The SMILES string of the molecule is COc1ccc(N([C@H](C)C(=O)Nc2c(C)cccc2C)S(C)(=O)=O)cc1OC. The van der Waals surface area contributed by atoms with Gasteiger partial charge in [-0.3, -0.25) is 9.10 Å². The van der Waals surface area contributed by atoms with Gasteiger partial charge in [0.1, 0.15) is 6.04 Å². The predicted octanol–water partition coefficient (Wildman–Crippen LogP) is 3.11. The maximum atomic E-state index is 12.9. The molecule has 1 amide bonds. The van der Waals surface area contributed by atoms with E-state index in [1.807, 2.05) is 32.0 Å². The number of methoxy groups -OCH3 is 2. The maximum absolute atomic E-state index is 12.9. The Kier molecular flexibility index (Phi) is 6.56. The van der Waals surface area contributed by atoms with Crippen LogP contribution >= 0.6 is 0 Å². The van der Waals surface area contributed by atoms with Crippen molar-refractivity contribution in [1.82, 2.24) is 0 Å². The molecule has 1 atom stereocenters. The van der Waals surface area contributed by atoms with Gasteiger partial charge in [-0.25, -0.2) is 8.42 Å². The molecule has 0 spiro atoms. The second-order valence-electron chi connectivity index (χ2n) is 6.53. The molecule has 152 valence electrons. The van der Waals surface area contributed by atoms with E-state index in [4.69, 9.17) is 9.47 Å². The zero-order valence-corrected chi connectivity index (χ0v) is 17.8. The Hall–Kier alpha value is -2.74. The third-order valence-corrected chi connectivity index (χ3v) is 5.68. The lowest BCUT2D eigenvalue weighted by atomic mass is 10.1. The van der Waals surface area contributed by atoms with Crippen molar-refractivity contribution in [3.05, 3.63) is 47.5 Å². The molecule has 7 nitrogen and oxygen atoms in total. The van der Waals surface area contributed by atoms with E-state index in [1.165, 1.54) is 20.3 Å². The Morgan fingerprint density at radius 1 is 1.04 bits per heavy atom. The zero-order chi connectivity index (χ0) is 21.1. The summed E-state index contributed by atoms with van der Waals surface area (Å²) in [6, 6.07) is 9.39. The highest BCUT2D eigenvalue weighted by atomic mass is 32.2. The molecular weight excluding hydrogens is 380 g/mol. The minimum absolute atomic E-state index is 0.310. The summed E-state index contributed by atoms with van der Waals surface area (Å²) in [6.07, 6.45) is 1.06. The third-order valence-electron chi connectivity index (χ3n) is 4.44. The van der Waals surface area contributed by atoms with E-state index in [9.17, 15) is 13.2 Å². The molecule has 28 heavy (non-hydrogen) atoms. The van der Waals surface area contributed by atoms with Gasteiger partial charge in [0, 0.05) is 11.8 Å². The van der Waals surface area contributed by atoms with Crippen LogP contribution in [0.1, 0.15) is 18.1 Å². The number of aryl methyl sites for hydroxylation is 2. The van der Waals surface area contributed by atoms with Gasteiger partial charge in [0.15, 0.2) is 11.5 Å². The molecule has 0 bridgehead atoms. The number of benzene rings is 2. The Morgan fingerprint density at radius 2 is 1.61 bits per heavy atom. The second-order valence-corrected chi connectivity index (χ2v) is 8.39. The van der Waals surface area contributed by atoms with Crippen molar-refractivity contribution in [2.24, 2.45) is 0 Å². The van der Waals surface area contributed by atoms with Crippen LogP contribution < -0.4 is 19.1 Å². The lowest BCUT2D eigenvalue weighted by Crippen LogP contribution is -2.45. The fourth-order valence-electron chi connectivity index (χ4n) is 3.01. The number of amides is 1. The molecule has 0 fully saturated rings. The highest BCUT2D eigenvalue weighted by Crippen LogP contribution is 2.33. The molecule has 0 heterocycles. The average molecular weight is 407 g/mol. The molecule has 0 aliphatic heterocycles. The van der Waals surface area contributed by atoms with Gasteiger partial charge in [-0.05, 0) is 44.0 Å². The largest absolute Gasteiger partial charge is 0.493 e. The number of hydrogen-bond donors (Lipinski definition) is 1. The molecular formula is C20H26N2O5S. The quantitative estimate of drug-likeness (QED) is 0.764. The van der Waals surface area contributed by atoms with Crippen LogP contribution in [0.5, 0.6) is 11.5 Å². The molecule has 2 rings (SSSR count). The Morgan fingerprint density at radius 3 is 2.11 bits per heavy atom. The van der Waals surface area contributed by atoms with Crippen molar-refractivity contribution in [3.8, 4) is 11.5 Å². The number of anilines is 2. The van der Waals surface area contributed by atoms with Crippen LogP contribution in [0, 0.1) is 13.8 Å². The summed E-state index contributed by atoms with van der Waals surface area (Å²) < 4.78 is 36.5. The van der Waals surface area contributed by atoms with Crippen LogP contribution in [-0.2, 0) is 14.8 Å². The summed E-state index contributed by atoms with van der Waals surface area (Å²) in [5.74, 6) is 0.404. The van der Waals surface area contributed by atoms with E-state index in [0.717, 1.165) is 21.7 Å². The average Bonchev–Trinajstić information content (AvgIpc) is 2.63. The minimum Gasteiger partial charge on any atom is -0.493 e. The van der Waals surface area contributed by atoms with Crippen molar-refractivity contribution >= 4 is 27.3 Å². The van der Waals surface area contributed by atoms with Crippen LogP contribution in [0.15, 0.2) is 36.4 Å². The number of rotatable bonds is 7. The summed E-state index contributed by atoms with van der Waals surface area (Å²) in [5.41, 5.74) is 2.79. The molecule has 1 N–H and O–H groups in total. The Bertz CT molecular complexity index is 952. The lowest BCUT2D eigenvalue weighted by molar-refractivity contribution is -0.116. The summed E-state index contributed by atoms with van der Waals surface area (Å²) >= 11 is 0. The molecule has 0 saturated heterocycles. The molecule has 0 unspecified atom stereocenters. The van der Waals surface area contributed by atoms with Gasteiger partial charge in [-0.15, -0.1) is 0 Å². The van der Waals surface area contributed by atoms with Crippen molar-refractivity contribution in [2.75, 3.05) is 30.1 Å². The first-order chi connectivity index (χ1) is 13.1. The standard InChI is InChI=1S/C20H26N2O5S/c1-13-8-7-9-14(2)19(13)21-20(23)15(3)22(28(6,24)25)16-10-11-17(26-4)18(12-16)27-5/h7-12,15H,1-6H3,(H,21,23)/t15-/m1/s1. The van der Waals surface area contributed by atoms with Crippen LogP contribution in [0.25, 0.3) is 0 Å². The van der Waals surface area contributed by atoms with E-state index in [2.05, 4.69) is 5.32 Å². The van der Waals surface area contributed by atoms with Gasteiger partial charge in [0.2, 0.25) is 15.9 Å². The molecule has 0 aliphatic rings. The fourth-order valence-corrected chi connectivity index (χ4v) is 4.18. The number of hydrogen-bond acceptors (Lipinski definition) is 5. The Labute approximate surface area is 166 Å². The number of sulfonamides is 1. The van der Waals surface area contributed by atoms with Crippen LogP contribution in [0.2, 0.25) is 0 Å². The fraction of sp³-hybridized carbons (Fsp3) is 0.350. The van der Waals surface area contributed by atoms with Crippen molar-refractivity contribution in [3.63, 3.8) is 0 Å². The number of nitrogens with one attached hydrogen (secondary N) is 1. The topological polar surface area (TPSA) is 84.9 Å². The maximum Gasteiger partial charge on any atom is 0.248 e. The first-order valence-corrected chi connectivity index (χ1v) is 10.5. The van der Waals surface area contributed by atoms with E-state index in [1.54, 1.807) is 19.1 Å². The highest BCUT2D eigenvalue weighted by molar-refractivity contribution is 7.92. The van der Waals surface area contributed by atoms with Gasteiger partial charge in [-0.1, -0.05) is 18.2 Å². The van der Waals surface area contributed by atoms with E-state index in [-0.39, 0.29) is 0 Å². The van der Waals surface area contributed by atoms with Crippen molar-refractivity contribution in [1.29, 1.82) is 0 Å². The number of para-hydroxylation sites is 1. The van der Waals surface area contributed by atoms with E-state index in [0.29, 0.717) is 22.9 Å². The Balaban J connectivity index is 2.42. The summed E-state index contributed by atoms with van der Waals surface area (Å²) in [6.45, 7) is 5.31. The molecule has 0 aromatic heterocycles. The van der Waals surface area contributed by atoms with Gasteiger partial charge in [-0.2, -0.15) is 0 Å². The van der Waals surface area contributed by atoms with Gasteiger partial charge >= 0.3 is 0 Å². The molecule has 0 saturated carbocycles. The zero-order valence-electron chi connectivity index (χ0n) is 16.9. The normalized spacial score (nSPS) is 12.2. The molecule has 0 aliphatic carbocycles. The smallest absolute Gasteiger partial charge is 0.248 e. The van der Waals surface area contributed by atoms with Gasteiger partial charge in [0.25, 0.3) is 0 Å². The third kappa shape index (κ3) is 4.56. The molecule has 2 aromatic rings.